The van der Waals surface area contributed by atoms with E-state index >= 15 is 0 Å². The van der Waals surface area contributed by atoms with E-state index in [2.05, 4.69) is 23.3 Å². The first kappa shape index (κ1) is 28.2. The van der Waals surface area contributed by atoms with E-state index in [0.717, 1.165) is 51.4 Å². The second-order valence-electron chi connectivity index (χ2n) is 11.0. The molecule has 1 aromatic rings. The van der Waals surface area contributed by atoms with Gasteiger partial charge in [-0.15, -0.1) is 0 Å². The highest BCUT2D eigenvalue weighted by Crippen LogP contribution is 2.38. The van der Waals surface area contributed by atoms with Gasteiger partial charge >= 0.3 is 6.09 Å². The maximum Gasteiger partial charge on any atom is 0.408 e. The molecule has 3 N–H and O–H groups in total. The number of nitrogens with one attached hydrogen (secondary N) is 2. The summed E-state index contributed by atoms with van der Waals surface area (Å²) in [6.07, 6.45) is 6.77. The summed E-state index contributed by atoms with van der Waals surface area (Å²) >= 11 is 4.33. The third-order valence-corrected chi connectivity index (χ3v) is 7.30. The number of phenols is 1. The first-order valence-corrected chi connectivity index (χ1v) is 13.7. The van der Waals surface area contributed by atoms with Crippen molar-refractivity contribution >= 4 is 30.5 Å². The normalized spacial score (nSPS) is 18.5. The van der Waals surface area contributed by atoms with Crippen LogP contribution in [0, 0.1) is 6.92 Å². The molecule has 200 valence electrons. The van der Waals surface area contributed by atoms with Gasteiger partial charge in [0.25, 0.3) is 0 Å². The average molecular weight is 520 g/mol. The quantitative estimate of drug-likeness (QED) is 0.381. The van der Waals surface area contributed by atoms with Gasteiger partial charge in [0.15, 0.2) is 0 Å². The standard InChI is InChI=1S/C27H41N3O5S/c1-17-10-8-15-20(23(17)31)22(24(32)28-18-11-6-5-7-12-18)30(19-13-9-14-19)25(33)21(16-36)29-26(34)35-27(2,3)4/h8,10,15,18-19,21-22,31,36H,5-7,9,11-14,16H2,1-4H3,(H,28,32)(H,29,34). The van der Waals surface area contributed by atoms with Crippen LogP contribution in [0.3, 0.4) is 0 Å². The third-order valence-electron chi connectivity index (χ3n) is 6.94. The lowest BCUT2D eigenvalue weighted by Gasteiger charge is -2.44. The number of carbonyl (C=O) groups is 3. The lowest BCUT2D eigenvalue weighted by Crippen LogP contribution is -2.58. The molecule has 3 rings (SSSR count). The van der Waals surface area contributed by atoms with Crippen molar-refractivity contribution in [2.75, 3.05) is 5.75 Å². The third kappa shape index (κ3) is 7.08. The molecule has 8 nitrogen and oxygen atoms in total. The smallest absolute Gasteiger partial charge is 0.408 e. The van der Waals surface area contributed by atoms with Crippen LogP contribution in [-0.4, -0.2) is 57.4 Å². The number of benzene rings is 1. The molecular weight excluding hydrogens is 478 g/mol. The van der Waals surface area contributed by atoms with Gasteiger partial charge in [0.2, 0.25) is 11.8 Å². The number of alkyl carbamates (subject to hydrolysis) is 1. The molecule has 2 aliphatic rings. The molecule has 0 aliphatic heterocycles. The SMILES string of the molecule is Cc1cccc(C(C(=O)NC2CCCCC2)N(C(=O)C(CS)NC(=O)OC(C)(C)C)C2CCC2)c1O. The Hall–Kier alpha value is -2.42. The predicted molar refractivity (Wildman–Crippen MR) is 142 cm³/mol. The van der Waals surface area contributed by atoms with Crippen LogP contribution < -0.4 is 10.6 Å². The monoisotopic (exact) mass is 519 g/mol. The van der Waals surface area contributed by atoms with E-state index in [0.29, 0.717) is 11.1 Å². The highest BCUT2D eigenvalue weighted by molar-refractivity contribution is 7.80. The summed E-state index contributed by atoms with van der Waals surface area (Å²) in [5.41, 5.74) is 0.290. The van der Waals surface area contributed by atoms with E-state index in [-0.39, 0.29) is 29.5 Å². The predicted octanol–water partition coefficient (Wildman–Crippen LogP) is 4.39. The molecule has 2 unspecified atom stereocenters. The zero-order chi connectivity index (χ0) is 26.5. The summed E-state index contributed by atoms with van der Waals surface area (Å²) in [5.74, 6) is -0.678. The largest absolute Gasteiger partial charge is 0.507 e. The second-order valence-corrected chi connectivity index (χ2v) is 11.3. The first-order chi connectivity index (χ1) is 17.0. The Bertz CT molecular complexity index is 938. The molecule has 0 spiro atoms. The van der Waals surface area contributed by atoms with Gasteiger partial charge in [0, 0.05) is 23.4 Å². The molecule has 0 saturated heterocycles. The van der Waals surface area contributed by atoms with Crippen molar-refractivity contribution in [1.82, 2.24) is 15.5 Å². The lowest BCUT2D eigenvalue weighted by molar-refractivity contribution is -0.147. The van der Waals surface area contributed by atoms with Gasteiger partial charge in [0.05, 0.1) is 0 Å². The molecule has 2 atom stereocenters. The van der Waals surface area contributed by atoms with Crippen LogP contribution >= 0.6 is 12.6 Å². The number of thiol groups is 1. The van der Waals surface area contributed by atoms with Crippen LogP contribution in [0.25, 0.3) is 0 Å². The minimum absolute atomic E-state index is 0.000873. The Morgan fingerprint density at radius 2 is 1.78 bits per heavy atom. The van der Waals surface area contributed by atoms with Crippen LogP contribution in [0.2, 0.25) is 0 Å². The molecule has 9 heteroatoms. The Labute approximate surface area is 219 Å². The molecule has 0 aromatic heterocycles. The summed E-state index contributed by atoms with van der Waals surface area (Å²) in [4.78, 5) is 41.9. The Balaban J connectivity index is 1.96. The number of amides is 3. The minimum atomic E-state index is -1.02. The number of hydrogen-bond acceptors (Lipinski definition) is 6. The highest BCUT2D eigenvalue weighted by atomic mass is 32.1. The molecule has 2 aliphatic carbocycles. The van der Waals surface area contributed by atoms with Crippen molar-refractivity contribution in [1.29, 1.82) is 0 Å². The number of rotatable bonds is 8. The topological polar surface area (TPSA) is 108 Å². The molecular formula is C27H41N3O5S. The zero-order valence-electron chi connectivity index (χ0n) is 21.9. The van der Waals surface area contributed by atoms with Gasteiger partial charge in [-0.25, -0.2) is 4.79 Å². The van der Waals surface area contributed by atoms with E-state index in [1.54, 1.807) is 50.8 Å². The molecule has 0 bridgehead atoms. The molecule has 1 aromatic carbocycles. The molecule has 36 heavy (non-hydrogen) atoms. The maximum absolute atomic E-state index is 14.0. The average Bonchev–Trinajstić information content (AvgIpc) is 2.77. The molecule has 0 heterocycles. The van der Waals surface area contributed by atoms with Crippen molar-refractivity contribution in [3.63, 3.8) is 0 Å². The number of aryl methyl sites for hydroxylation is 1. The molecule has 3 amide bonds. The van der Waals surface area contributed by atoms with Gasteiger partial charge in [-0.1, -0.05) is 37.5 Å². The summed E-state index contributed by atoms with van der Waals surface area (Å²) in [5, 5.41) is 16.8. The van der Waals surface area contributed by atoms with Gasteiger partial charge in [0.1, 0.15) is 23.4 Å². The van der Waals surface area contributed by atoms with Crippen LogP contribution in [0.15, 0.2) is 18.2 Å². The summed E-state index contributed by atoms with van der Waals surface area (Å²) in [7, 11) is 0. The fourth-order valence-corrected chi connectivity index (χ4v) is 5.09. The molecule has 2 fully saturated rings. The van der Waals surface area contributed by atoms with E-state index in [9.17, 15) is 19.5 Å². The van der Waals surface area contributed by atoms with Crippen LogP contribution in [0.4, 0.5) is 4.79 Å². The van der Waals surface area contributed by atoms with Gasteiger partial charge in [-0.3, -0.25) is 9.59 Å². The number of para-hydroxylation sites is 1. The fraction of sp³-hybridized carbons (Fsp3) is 0.667. The van der Waals surface area contributed by atoms with Crippen molar-refractivity contribution in [2.45, 2.75) is 109 Å². The van der Waals surface area contributed by atoms with Gasteiger partial charge in [-0.2, -0.15) is 12.6 Å². The van der Waals surface area contributed by atoms with E-state index in [4.69, 9.17) is 4.74 Å². The summed E-state index contributed by atoms with van der Waals surface area (Å²) < 4.78 is 5.35. The van der Waals surface area contributed by atoms with Crippen molar-refractivity contribution < 1.29 is 24.2 Å². The van der Waals surface area contributed by atoms with Gasteiger partial charge in [-0.05, 0) is 65.4 Å². The summed E-state index contributed by atoms with van der Waals surface area (Å²) in [6, 6.07) is 3.10. The van der Waals surface area contributed by atoms with E-state index < -0.39 is 29.7 Å². The highest BCUT2D eigenvalue weighted by Gasteiger charge is 2.43. The Morgan fingerprint density at radius 3 is 2.33 bits per heavy atom. The van der Waals surface area contributed by atoms with Crippen molar-refractivity contribution in [3.05, 3.63) is 29.3 Å². The van der Waals surface area contributed by atoms with E-state index in [1.807, 2.05) is 0 Å². The van der Waals surface area contributed by atoms with Crippen LogP contribution in [0.5, 0.6) is 5.75 Å². The molecule has 0 radical (unpaired) electrons. The van der Waals surface area contributed by atoms with E-state index in [1.165, 1.54) is 0 Å². The van der Waals surface area contributed by atoms with Crippen LogP contribution in [-0.2, 0) is 14.3 Å². The van der Waals surface area contributed by atoms with Gasteiger partial charge < -0.3 is 25.4 Å². The number of aromatic hydroxyl groups is 1. The fourth-order valence-electron chi connectivity index (χ4n) is 4.84. The Morgan fingerprint density at radius 1 is 1.11 bits per heavy atom. The van der Waals surface area contributed by atoms with Crippen molar-refractivity contribution in [2.24, 2.45) is 0 Å². The first-order valence-electron chi connectivity index (χ1n) is 13.0. The lowest BCUT2D eigenvalue weighted by atomic mass is 9.87. The molecule has 2 saturated carbocycles. The number of phenolic OH excluding ortho intramolecular Hbond substituents is 1. The minimum Gasteiger partial charge on any atom is -0.507 e. The second kappa shape index (κ2) is 12.2. The summed E-state index contributed by atoms with van der Waals surface area (Å²) in [6.45, 7) is 7.01. The maximum atomic E-state index is 14.0. The van der Waals surface area contributed by atoms with Crippen LogP contribution in [0.1, 0.15) is 89.3 Å². The van der Waals surface area contributed by atoms with Crippen molar-refractivity contribution in [3.8, 4) is 5.75 Å². The Kier molecular flexibility index (Phi) is 9.55. The zero-order valence-corrected chi connectivity index (χ0v) is 22.8. The number of carbonyl (C=O) groups excluding carboxylic acids is 3. The number of ether oxygens (including phenoxy) is 1. The number of nitrogens with zero attached hydrogens (tertiary/aromatic N) is 1. The number of hydrogen-bond donors (Lipinski definition) is 4.